The number of rotatable bonds is 4. The van der Waals surface area contributed by atoms with Gasteiger partial charge < -0.3 is 5.73 Å². The molecule has 1 aromatic carbocycles. The average molecular weight is 224 g/mol. The van der Waals surface area contributed by atoms with Crippen LogP contribution in [0.2, 0.25) is 5.02 Å². The molecule has 0 aromatic heterocycles. The first-order valence-corrected chi connectivity index (χ1v) is 5.59. The Balaban J connectivity index is 2.04. The van der Waals surface area contributed by atoms with E-state index in [-0.39, 0.29) is 11.8 Å². The van der Waals surface area contributed by atoms with E-state index in [0.717, 1.165) is 12.8 Å². The molecule has 0 radical (unpaired) electrons. The molecule has 1 fully saturated rings. The van der Waals surface area contributed by atoms with Gasteiger partial charge in [-0.15, -0.1) is 0 Å². The first kappa shape index (κ1) is 10.7. The molecule has 0 aliphatic heterocycles. The molecule has 1 atom stereocenters. The van der Waals surface area contributed by atoms with Gasteiger partial charge in [-0.05, 0) is 30.9 Å². The van der Waals surface area contributed by atoms with Crippen LogP contribution in [0.15, 0.2) is 24.3 Å². The number of benzene rings is 1. The Labute approximate surface area is 94.4 Å². The lowest BCUT2D eigenvalue weighted by molar-refractivity contribution is 0.0971. The van der Waals surface area contributed by atoms with E-state index in [1.54, 1.807) is 12.1 Å². The maximum Gasteiger partial charge on any atom is 0.165 e. The SMILES string of the molecule is NC(CC(=O)c1ccccc1Cl)C1CC1. The fraction of sp³-hybridized carbons (Fsp3) is 0.417. The van der Waals surface area contributed by atoms with E-state index in [4.69, 9.17) is 17.3 Å². The summed E-state index contributed by atoms with van der Waals surface area (Å²) in [4.78, 5) is 11.8. The van der Waals surface area contributed by atoms with Crippen molar-refractivity contribution in [2.75, 3.05) is 0 Å². The summed E-state index contributed by atoms with van der Waals surface area (Å²) in [5.74, 6) is 0.608. The monoisotopic (exact) mass is 223 g/mol. The topological polar surface area (TPSA) is 43.1 Å². The van der Waals surface area contributed by atoms with Gasteiger partial charge in [0.25, 0.3) is 0 Å². The van der Waals surface area contributed by atoms with Gasteiger partial charge in [-0.2, -0.15) is 0 Å². The second-order valence-corrected chi connectivity index (χ2v) is 4.52. The maximum absolute atomic E-state index is 11.8. The standard InChI is InChI=1S/C12H14ClNO/c13-10-4-2-1-3-9(10)12(15)7-11(14)8-5-6-8/h1-4,8,11H,5-7,14H2. The molecular weight excluding hydrogens is 210 g/mol. The minimum atomic E-state index is 0.00812. The quantitative estimate of drug-likeness (QED) is 0.798. The molecule has 2 rings (SSSR count). The molecule has 15 heavy (non-hydrogen) atoms. The van der Waals surface area contributed by atoms with Crippen molar-refractivity contribution in [2.45, 2.75) is 25.3 Å². The van der Waals surface area contributed by atoms with E-state index in [1.165, 1.54) is 0 Å². The summed E-state index contributed by atoms with van der Waals surface area (Å²) >= 11 is 5.94. The Bertz CT molecular complexity index is 374. The summed E-state index contributed by atoms with van der Waals surface area (Å²) in [6, 6.07) is 7.14. The van der Waals surface area contributed by atoms with Crippen LogP contribution >= 0.6 is 11.6 Å². The fourth-order valence-electron chi connectivity index (χ4n) is 1.70. The Morgan fingerprint density at radius 3 is 2.73 bits per heavy atom. The van der Waals surface area contributed by atoms with Gasteiger partial charge in [0.05, 0.1) is 5.02 Å². The highest BCUT2D eigenvalue weighted by atomic mass is 35.5. The van der Waals surface area contributed by atoms with E-state index in [1.807, 2.05) is 12.1 Å². The molecule has 80 valence electrons. The molecule has 2 N–H and O–H groups in total. The average Bonchev–Trinajstić information content (AvgIpc) is 3.01. The first-order chi connectivity index (χ1) is 7.18. The van der Waals surface area contributed by atoms with Crippen molar-refractivity contribution in [3.05, 3.63) is 34.9 Å². The third-order valence-electron chi connectivity index (χ3n) is 2.82. The number of hydrogen-bond donors (Lipinski definition) is 1. The number of carbonyl (C=O) groups excluding carboxylic acids is 1. The lowest BCUT2D eigenvalue weighted by Crippen LogP contribution is -2.26. The van der Waals surface area contributed by atoms with Crippen molar-refractivity contribution >= 4 is 17.4 Å². The van der Waals surface area contributed by atoms with Crippen LogP contribution in [0.3, 0.4) is 0 Å². The van der Waals surface area contributed by atoms with Crippen LogP contribution in [0.1, 0.15) is 29.6 Å². The highest BCUT2D eigenvalue weighted by Gasteiger charge is 2.30. The van der Waals surface area contributed by atoms with Crippen LogP contribution in [-0.2, 0) is 0 Å². The summed E-state index contributed by atoms with van der Waals surface area (Å²) in [6.45, 7) is 0. The van der Waals surface area contributed by atoms with Crippen molar-refractivity contribution in [1.82, 2.24) is 0 Å². The molecule has 0 bridgehead atoms. The van der Waals surface area contributed by atoms with Crippen molar-refractivity contribution in [1.29, 1.82) is 0 Å². The molecular formula is C12H14ClNO. The zero-order valence-electron chi connectivity index (χ0n) is 8.45. The van der Waals surface area contributed by atoms with Crippen LogP contribution in [-0.4, -0.2) is 11.8 Å². The highest BCUT2D eigenvalue weighted by molar-refractivity contribution is 6.33. The predicted octanol–water partition coefficient (Wildman–Crippen LogP) is 2.65. The number of carbonyl (C=O) groups is 1. The molecule has 0 amide bonds. The third-order valence-corrected chi connectivity index (χ3v) is 3.15. The minimum Gasteiger partial charge on any atom is -0.327 e. The third kappa shape index (κ3) is 2.58. The van der Waals surface area contributed by atoms with Gasteiger partial charge >= 0.3 is 0 Å². The molecule has 2 nitrogen and oxygen atoms in total. The second-order valence-electron chi connectivity index (χ2n) is 4.11. The Hall–Kier alpha value is -0.860. The predicted molar refractivity (Wildman–Crippen MR) is 61.1 cm³/mol. The summed E-state index contributed by atoms with van der Waals surface area (Å²) in [5.41, 5.74) is 6.50. The van der Waals surface area contributed by atoms with Crippen LogP contribution in [0.25, 0.3) is 0 Å². The zero-order chi connectivity index (χ0) is 10.8. The van der Waals surface area contributed by atoms with Gasteiger partial charge in [-0.25, -0.2) is 0 Å². The lowest BCUT2D eigenvalue weighted by Gasteiger charge is -2.09. The van der Waals surface area contributed by atoms with Crippen molar-refractivity contribution in [3.8, 4) is 0 Å². The van der Waals surface area contributed by atoms with Gasteiger partial charge in [0.2, 0.25) is 0 Å². The molecule has 1 aliphatic carbocycles. The molecule has 1 unspecified atom stereocenters. The van der Waals surface area contributed by atoms with Gasteiger partial charge in [0.15, 0.2) is 5.78 Å². The fourth-order valence-corrected chi connectivity index (χ4v) is 1.94. The van der Waals surface area contributed by atoms with Crippen LogP contribution < -0.4 is 5.73 Å². The van der Waals surface area contributed by atoms with Crippen LogP contribution in [0, 0.1) is 5.92 Å². The molecule has 0 heterocycles. The lowest BCUT2D eigenvalue weighted by atomic mass is 10.0. The Kier molecular flexibility index (Phi) is 3.08. The number of halogens is 1. The molecule has 0 spiro atoms. The van der Waals surface area contributed by atoms with Crippen molar-refractivity contribution in [3.63, 3.8) is 0 Å². The van der Waals surface area contributed by atoms with Crippen LogP contribution in [0.4, 0.5) is 0 Å². The van der Waals surface area contributed by atoms with Crippen molar-refractivity contribution < 1.29 is 4.79 Å². The van der Waals surface area contributed by atoms with Crippen LogP contribution in [0.5, 0.6) is 0 Å². The Morgan fingerprint density at radius 2 is 2.13 bits per heavy atom. The van der Waals surface area contributed by atoms with E-state index < -0.39 is 0 Å². The van der Waals surface area contributed by atoms with E-state index in [2.05, 4.69) is 0 Å². The first-order valence-electron chi connectivity index (χ1n) is 5.22. The summed E-state index contributed by atoms with van der Waals surface area (Å²) in [5, 5.41) is 0.519. The Morgan fingerprint density at radius 1 is 1.47 bits per heavy atom. The van der Waals surface area contributed by atoms with Gasteiger partial charge in [0.1, 0.15) is 0 Å². The number of Topliss-reactive ketones (excluding diaryl/α,β-unsaturated/α-hetero) is 1. The smallest absolute Gasteiger partial charge is 0.165 e. The van der Waals surface area contributed by atoms with Gasteiger partial charge in [0, 0.05) is 18.0 Å². The normalized spacial score (nSPS) is 17.5. The number of hydrogen-bond acceptors (Lipinski definition) is 2. The molecule has 3 heteroatoms. The van der Waals surface area contributed by atoms with E-state index >= 15 is 0 Å². The molecule has 0 saturated heterocycles. The van der Waals surface area contributed by atoms with Crippen molar-refractivity contribution in [2.24, 2.45) is 11.7 Å². The second kappa shape index (κ2) is 4.33. The largest absolute Gasteiger partial charge is 0.327 e. The zero-order valence-corrected chi connectivity index (χ0v) is 9.20. The highest BCUT2D eigenvalue weighted by Crippen LogP contribution is 2.33. The summed E-state index contributed by atoms with van der Waals surface area (Å²) in [7, 11) is 0. The maximum atomic E-state index is 11.8. The minimum absolute atomic E-state index is 0.00812. The summed E-state index contributed by atoms with van der Waals surface area (Å²) < 4.78 is 0. The van der Waals surface area contributed by atoms with E-state index in [9.17, 15) is 4.79 Å². The summed E-state index contributed by atoms with van der Waals surface area (Å²) in [6.07, 6.45) is 2.74. The number of ketones is 1. The van der Waals surface area contributed by atoms with E-state index in [0.29, 0.717) is 22.9 Å². The molecule has 1 aromatic rings. The molecule has 1 aliphatic rings. The van der Waals surface area contributed by atoms with Gasteiger partial charge in [-0.3, -0.25) is 4.79 Å². The molecule has 1 saturated carbocycles. The van der Waals surface area contributed by atoms with Gasteiger partial charge in [-0.1, -0.05) is 23.7 Å². The number of nitrogens with two attached hydrogens (primary N) is 1.